The first-order chi connectivity index (χ1) is 7.93. The van der Waals surface area contributed by atoms with Crippen LogP contribution in [0.1, 0.15) is 0 Å². The molecule has 0 aliphatic rings. The van der Waals surface area contributed by atoms with Crippen molar-refractivity contribution in [2.45, 2.75) is 12.2 Å². The van der Waals surface area contributed by atoms with Crippen molar-refractivity contribution in [1.29, 1.82) is 0 Å². The average molecular weight is 304 g/mol. The number of hydrogen-bond acceptors (Lipinski definition) is 4. The van der Waals surface area contributed by atoms with E-state index in [2.05, 4.69) is 21.2 Å². The number of carboxylic acids is 1. The van der Waals surface area contributed by atoms with E-state index in [-0.39, 0.29) is 0 Å². The van der Waals surface area contributed by atoms with Crippen LogP contribution in [0.5, 0.6) is 0 Å². The number of carboxylic acid groups (broad SMARTS) is 1. The second kappa shape index (κ2) is 5.76. The molecule has 17 heavy (non-hydrogen) atoms. The zero-order valence-electron chi connectivity index (χ0n) is 8.50. The third-order valence-electron chi connectivity index (χ3n) is 1.95. The Kier molecular flexibility index (Phi) is 4.62. The maximum absolute atomic E-state index is 11.4. The van der Waals surface area contributed by atoms with Gasteiger partial charge in [0, 0.05) is 4.47 Å². The Balaban J connectivity index is 2.73. The quantitative estimate of drug-likeness (QED) is 0.635. The molecule has 0 radical (unpaired) electrons. The van der Waals surface area contributed by atoms with Gasteiger partial charge in [0.05, 0.1) is 5.69 Å². The summed E-state index contributed by atoms with van der Waals surface area (Å²) >= 11 is 3.16. The van der Waals surface area contributed by atoms with E-state index in [1.54, 1.807) is 24.3 Å². The summed E-state index contributed by atoms with van der Waals surface area (Å²) in [6.45, 7) is 0. The first-order valence-electron chi connectivity index (χ1n) is 4.58. The number of carbonyl (C=O) groups excluding carboxylic acids is 1. The third kappa shape index (κ3) is 3.52. The van der Waals surface area contributed by atoms with E-state index in [9.17, 15) is 14.7 Å². The number of aliphatic hydroxyl groups is 2. The van der Waals surface area contributed by atoms with Gasteiger partial charge in [-0.25, -0.2) is 4.79 Å². The summed E-state index contributed by atoms with van der Waals surface area (Å²) in [4.78, 5) is 21.8. The molecule has 0 saturated carbocycles. The van der Waals surface area contributed by atoms with Crippen LogP contribution in [0.25, 0.3) is 0 Å². The van der Waals surface area contributed by atoms with Crippen molar-refractivity contribution in [3.8, 4) is 0 Å². The summed E-state index contributed by atoms with van der Waals surface area (Å²) in [6, 6.07) is 6.60. The summed E-state index contributed by atoms with van der Waals surface area (Å²) in [7, 11) is 0. The standard InChI is InChI=1S/C10H10BrNO5/c11-5-3-1-2-4-6(5)12-9(15)7(13)8(14)10(16)17/h1-4,7-8,13-14H,(H,12,15)(H,16,17)/t7-,8-/m0/s1. The first-order valence-corrected chi connectivity index (χ1v) is 5.37. The molecule has 1 aromatic rings. The molecule has 2 atom stereocenters. The molecule has 0 saturated heterocycles. The highest BCUT2D eigenvalue weighted by Crippen LogP contribution is 2.21. The minimum absolute atomic E-state index is 0.370. The van der Waals surface area contributed by atoms with Crippen molar-refractivity contribution >= 4 is 33.5 Å². The number of nitrogens with one attached hydrogen (secondary N) is 1. The largest absolute Gasteiger partial charge is 0.479 e. The fourth-order valence-electron chi connectivity index (χ4n) is 1.05. The molecular weight excluding hydrogens is 294 g/mol. The number of hydrogen-bond donors (Lipinski definition) is 4. The van der Waals surface area contributed by atoms with Crippen LogP contribution in [-0.2, 0) is 9.59 Å². The maximum Gasteiger partial charge on any atom is 0.335 e. The van der Waals surface area contributed by atoms with Gasteiger partial charge in [-0.05, 0) is 28.1 Å². The van der Waals surface area contributed by atoms with Gasteiger partial charge in [0.2, 0.25) is 0 Å². The normalized spacial score (nSPS) is 13.8. The molecule has 0 bridgehead atoms. The van der Waals surface area contributed by atoms with E-state index in [1.807, 2.05) is 0 Å². The average Bonchev–Trinajstić information content (AvgIpc) is 2.30. The van der Waals surface area contributed by atoms with E-state index in [0.717, 1.165) is 0 Å². The van der Waals surface area contributed by atoms with Gasteiger partial charge in [0.15, 0.2) is 12.2 Å². The molecule has 0 heterocycles. The highest BCUT2D eigenvalue weighted by molar-refractivity contribution is 9.10. The Hall–Kier alpha value is -1.44. The van der Waals surface area contributed by atoms with Crippen LogP contribution in [0, 0.1) is 0 Å². The summed E-state index contributed by atoms with van der Waals surface area (Å²) in [5.74, 6) is -2.66. The number of aliphatic carboxylic acids is 1. The number of anilines is 1. The SMILES string of the molecule is O=C(O)[C@@H](O)[C@H](O)C(=O)Nc1ccccc1Br. The molecule has 0 aliphatic heterocycles. The smallest absolute Gasteiger partial charge is 0.335 e. The van der Waals surface area contributed by atoms with Crippen molar-refractivity contribution in [3.05, 3.63) is 28.7 Å². The maximum atomic E-state index is 11.4. The Bertz CT molecular complexity index is 436. The van der Waals surface area contributed by atoms with Crippen LogP contribution in [0.3, 0.4) is 0 Å². The number of carbonyl (C=O) groups is 2. The topological polar surface area (TPSA) is 107 Å². The number of amides is 1. The molecule has 1 aromatic carbocycles. The third-order valence-corrected chi connectivity index (χ3v) is 2.64. The van der Waals surface area contributed by atoms with Crippen molar-refractivity contribution in [2.75, 3.05) is 5.32 Å². The Morgan fingerprint density at radius 2 is 1.76 bits per heavy atom. The zero-order chi connectivity index (χ0) is 13.0. The van der Waals surface area contributed by atoms with Crippen LogP contribution in [0.15, 0.2) is 28.7 Å². The molecule has 0 aliphatic carbocycles. The van der Waals surface area contributed by atoms with E-state index in [1.165, 1.54) is 0 Å². The number of aliphatic hydroxyl groups excluding tert-OH is 2. The molecule has 0 aromatic heterocycles. The van der Waals surface area contributed by atoms with Crippen molar-refractivity contribution in [2.24, 2.45) is 0 Å². The van der Waals surface area contributed by atoms with Gasteiger partial charge in [-0.1, -0.05) is 12.1 Å². The highest BCUT2D eigenvalue weighted by atomic mass is 79.9. The molecule has 0 fully saturated rings. The van der Waals surface area contributed by atoms with E-state index >= 15 is 0 Å². The lowest BCUT2D eigenvalue weighted by Gasteiger charge is -2.14. The van der Waals surface area contributed by atoms with Gasteiger partial charge in [-0.15, -0.1) is 0 Å². The first kappa shape index (κ1) is 13.6. The van der Waals surface area contributed by atoms with Gasteiger partial charge >= 0.3 is 5.97 Å². The number of rotatable bonds is 4. The Labute approximate surface area is 105 Å². The van der Waals surface area contributed by atoms with Gasteiger partial charge in [0.1, 0.15) is 0 Å². The van der Waals surface area contributed by atoms with Gasteiger partial charge in [-0.2, -0.15) is 0 Å². The van der Waals surface area contributed by atoms with Gasteiger partial charge < -0.3 is 20.6 Å². The second-order valence-electron chi connectivity index (χ2n) is 3.20. The van der Waals surface area contributed by atoms with Crippen LogP contribution >= 0.6 is 15.9 Å². The fourth-order valence-corrected chi connectivity index (χ4v) is 1.43. The molecule has 4 N–H and O–H groups in total. The van der Waals surface area contributed by atoms with Gasteiger partial charge in [0.25, 0.3) is 5.91 Å². The minimum atomic E-state index is -2.16. The molecule has 7 heteroatoms. The monoisotopic (exact) mass is 303 g/mol. The molecule has 0 unspecified atom stereocenters. The van der Waals surface area contributed by atoms with Crippen LogP contribution in [-0.4, -0.2) is 39.4 Å². The number of para-hydroxylation sites is 1. The van der Waals surface area contributed by atoms with Crippen molar-refractivity contribution in [3.63, 3.8) is 0 Å². The van der Waals surface area contributed by atoms with E-state index < -0.39 is 24.1 Å². The summed E-state index contributed by atoms with van der Waals surface area (Å²) in [6.07, 6.45) is -4.18. The molecular formula is C10H10BrNO5. The number of halogens is 1. The lowest BCUT2D eigenvalue weighted by Crippen LogP contribution is -2.42. The summed E-state index contributed by atoms with van der Waals surface area (Å²) in [5.41, 5.74) is 0.370. The predicted octanol–water partition coefficient (Wildman–Crippen LogP) is 0.194. The predicted molar refractivity (Wildman–Crippen MR) is 62.4 cm³/mol. The van der Waals surface area contributed by atoms with Crippen molar-refractivity contribution in [1.82, 2.24) is 0 Å². The fraction of sp³-hybridized carbons (Fsp3) is 0.200. The lowest BCUT2D eigenvalue weighted by molar-refractivity contribution is -0.156. The molecule has 1 amide bonds. The molecule has 6 nitrogen and oxygen atoms in total. The summed E-state index contributed by atoms with van der Waals surface area (Å²) < 4.78 is 0.574. The number of benzene rings is 1. The van der Waals surface area contributed by atoms with Crippen molar-refractivity contribution < 1.29 is 24.9 Å². The minimum Gasteiger partial charge on any atom is -0.479 e. The second-order valence-corrected chi connectivity index (χ2v) is 4.05. The van der Waals surface area contributed by atoms with Crippen LogP contribution in [0.2, 0.25) is 0 Å². The van der Waals surface area contributed by atoms with Crippen LogP contribution in [0.4, 0.5) is 5.69 Å². The zero-order valence-corrected chi connectivity index (χ0v) is 10.1. The highest BCUT2D eigenvalue weighted by Gasteiger charge is 2.30. The van der Waals surface area contributed by atoms with Gasteiger partial charge in [-0.3, -0.25) is 4.79 Å². The molecule has 92 valence electrons. The Morgan fingerprint density at radius 3 is 2.29 bits per heavy atom. The molecule has 1 rings (SSSR count). The summed E-state index contributed by atoms with van der Waals surface area (Å²) in [5, 5.41) is 29.0. The van der Waals surface area contributed by atoms with E-state index in [0.29, 0.717) is 10.2 Å². The molecule has 0 spiro atoms. The van der Waals surface area contributed by atoms with E-state index in [4.69, 9.17) is 10.2 Å². The Morgan fingerprint density at radius 1 is 1.18 bits per heavy atom. The lowest BCUT2D eigenvalue weighted by atomic mass is 10.2. The van der Waals surface area contributed by atoms with Crippen LogP contribution < -0.4 is 5.32 Å².